The van der Waals surface area contributed by atoms with Crippen LogP contribution < -0.4 is 0 Å². The molecule has 8 heteroatoms. The van der Waals surface area contributed by atoms with Crippen LogP contribution in [0.5, 0.6) is 0 Å². The van der Waals surface area contributed by atoms with Crippen LogP contribution in [0.4, 0.5) is 0 Å². The maximum Gasteiger partial charge on any atom is 0.235 e. The molecule has 20 heavy (non-hydrogen) atoms. The van der Waals surface area contributed by atoms with Crippen molar-refractivity contribution in [2.75, 3.05) is 13.1 Å². The van der Waals surface area contributed by atoms with Gasteiger partial charge in [0.2, 0.25) is 24.3 Å². The second-order valence-electron chi connectivity index (χ2n) is 3.83. The first-order chi connectivity index (χ1) is 9.79. The van der Waals surface area contributed by atoms with Crippen LogP contribution in [0.15, 0.2) is 20.0 Å². The minimum atomic E-state index is -0.719. The van der Waals surface area contributed by atoms with Crippen molar-refractivity contribution in [1.82, 2.24) is 0 Å². The number of hydrogen-bond acceptors (Lipinski definition) is 8. The van der Waals surface area contributed by atoms with Gasteiger partial charge >= 0.3 is 0 Å². The smallest absolute Gasteiger partial charge is 0.211 e. The van der Waals surface area contributed by atoms with Crippen molar-refractivity contribution in [1.29, 1.82) is 0 Å². The minimum absolute atomic E-state index is 0.0793. The number of hydrogen-bond donors (Lipinski definition) is 0. The van der Waals surface area contributed by atoms with Crippen molar-refractivity contribution in [3.05, 3.63) is 0 Å². The van der Waals surface area contributed by atoms with Crippen LogP contribution >= 0.6 is 0 Å². The van der Waals surface area contributed by atoms with Gasteiger partial charge in [-0.2, -0.15) is 4.99 Å². The maximum absolute atomic E-state index is 10.4. The lowest BCUT2D eigenvalue weighted by Crippen LogP contribution is -2.25. The van der Waals surface area contributed by atoms with E-state index in [1.54, 1.807) is 0 Å². The Morgan fingerprint density at radius 2 is 1.35 bits per heavy atom. The molecule has 0 radical (unpaired) electrons. The zero-order valence-electron chi connectivity index (χ0n) is 10.8. The van der Waals surface area contributed by atoms with Crippen molar-refractivity contribution in [3.8, 4) is 0 Å². The molecule has 0 aliphatic rings. The molecular weight excluding hydrogens is 264 g/mol. The molecule has 0 saturated carbocycles. The lowest BCUT2D eigenvalue weighted by molar-refractivity contribution is 0.466. The summed E-state index contributed by atoms with van der Waals surface area (Å²) in [6, 6.07) is -1.30. The van der Waals surface area contributed by atoms with Crippen LogP contribution in [0.1, 0.15) is 25.7 Å². The Hall–Kier alpha value is -2.48. The highest BCUT2D eigenvalue weighted by Crippen LogP contribution is 2.13. The Balaban J connectivity index is 4.43. The Morgan fingerprint density at radius 1 is 0.700 bits per heavy atom. The number of isocyanates is 4. The number of aliphatic imine (C=N–C) groups is 4. The zero-order valence-corrected chi connectivity index (χ0v) is 10.8. The van der Waals surface area contributed by atoms with E-state index in [9.17, 15) is 19.2 Å². The fraction of sp³-hybridized carbons (Fsp3) is 0.667. The molecule has 0 spiro atoms. The van der Waals surface area contributed by atoms with Crippen LogP contribution in [0.25, 0.3) is 0 Å². The van der Waals surface area contributed by atoms with Crippen LogP contribution in [-0.2, 0) is 19.2 Å². The van der Waals surface area contributed by atoms with Crippen molar-refractivity contribution in [2.45, 2.75) is 37.8 Å². The molecule has 2 atom stereocenters. The molecule has 0 aromatic rings. The summed E-state index contributed by atoms with van der Waals surface area (Å²) in [5.41, 5.74) is 0. The lowest BCUT2D eigenvalue weighted by atomic mass is 10.0. The third-order valence-electron chi connectivity index (χ3n) is 2.56. The lowest BCUT2D eigenvalue weighted by Gasteiger charge is -2.15. The summed E-state index contributed by atoms with van der Waals surface area (Å²) < 4.78 is 0. The standard InChI is InChI=1S/C12H14N4O4/c17-7-13-5-3-1-2-4-11(15-9-19)12(16-10-20)6-14-8-18/h11-12H,1-6H2. The normalized spacial score (nSPS) is 11.8. The van der Waals surface area contributed by atoms with Crippen molar-refractivity contribution >= 4 is 24.3 Å². The first-order valence-corrected chi connectivity index (χ1v) is 6.01. The highest BCUT2D eigenvalue weighted by atomic mass is 16.1. The Labute approximate surface area is 115 Å². The number of carbonyl (C=O) groups excluding carboxylic acids is 4. The summed E-state index contributed by atoms with van der Waals surface area (Å²) in [7, 11) is 0. The maximum atomic E-state index is 10.4. The summed E-state index contributed by atoms with van der Waals surface area (Å²) in [5, 5.41) is 0. The Morgan fingerprint density at radius 3 is 1.95 bits per heavy atom. The van der Waals surface area contributed by atoms with Gasteiger partial charge in [-0.1, -0.05) is 12.8 Å². The van der Waals surface area contributed by atoms with Gasteiger partial charge in [-0.15, -0.1) is 0 Å². The van der Waals surface area contributed by atoms with E-state index in [1.807, 2.05) is 0 Å². The Kier molecular flexibility index (Phi) is 11.4. The predicted molar refractivity (Wildman–Crippen MR) is 68.3 cm³/mol. The summed E-state index contributed by atoms with van der Waals surface area (Å²) in [4.78, 5) is 54.4. The molecule has 0 aliphatic heterocycles. The van der Waals surface area contributed by atoms with Crippen molar-refractivity contribution < 1.29 is 19.2 Å². The summed E-state index contributed by atoms with van der Waals surface area (Å²) >= 11 is 0. The molecule has 0 fully saturated rings. The second-order valence-corrected chi connectivity index (χ2v) is 3.83. The van der Waals surface area contributed by atoms with Crippen LogP contribution in [-0.4, -0.2) is 49.5 Å². The van der Waals surface area contributed by atoms with Gasteiger partial charge in [-0.25, -0.2) is 34.2 Å². The third-order valence-corrected chi connectivity index (χ3v) is 2.56. The van der Waals surface area contributed by atoms with Gasteiger partial charge in [0, 0.05) is 0 Å². The van der Waals surface area contributed by atoms with Crippen LogP contribution in [0, 0.1) is 0 Å². The second kappa shape index (κ2) is 13.0. The van der Waals surface area contributed by atoms with E-state index < -0.39 is 12.1 Å². The molecule has 0 heterocycles. The molecule has 0 saturated heterocycles. The van der Waals surface area contributed by atoms with Crippen molar-refractivity contribution in [3.63, 3.8) is 0 Å². The fourth-order valence-corrected chi connectivity index (χ4v) is 1.62. The van der Waals surface area contributed by atoms with Gasteiger partial charge in [0.15, 0.2) is 0 Å². The van der Waals surface area contributed by atoms with Gasteiger partial charge in [0.25, 0.3) is 0 Å². The predicted octanol–water partition coefficient (Wildman–Crippen LogP) is 0.627. The third kappa shape index (κ3) is 8.59. The molecule has 0 aliphatic carbocycles. The molecule has 0 aromatic heterocycles. The highest BCUT2D eigenvalue weighted by Gasteiger charge is 2.20. The number of nitrogens with zero attached hydrogens (tertiary/aromatic N) is 4. The SMILES string of the molecule is O=C=NCCCCCC(N=C=O)C(CN=C=O)N=C=O. The number of rotatable bonds is 11. The average Bonchev–Trinajstić information content (AvgIpc) is 2.46. The minimum Gasteiger partial charge on any atom is -0.211 e. The summed E-state index contributed by atoms with van der Waals surface area (Å²) in [5.74, 6) is 0. The molecule has 0 aromatic carbocycles. The summed E-state index contributed by atoms with van der Waals surface area (Å²) in [6.45, 7) is 0.320. The zero-order chi connectivity index (χ0) is 15.1. The summed E-state index contributed by atoms with van der Waals surface area (Å²) in [6.07, 6.45) is 8.22. The van der Waals surface area contributed by atoms with Gasteiger partial charge in [-0.05, 0) is 12.8 Å². The number of unbranched alkanes of at least 4 members (excludes halogenated alkanes) is 2. The first kappa shape index (κ1) is 17.5. The Bertz CT molecular complexity index is 468. The van der Waals surface area contributed by atoms with E-state index >= 15 is 0 Å². The fourth-order valence-electron chi connectivity index (χ4n) is 1.62. The van der Waals surface area contributed by atoms with Gasteiger partial charge in [0.05, 0.1) is 19.1 Å². The van der Waals surface area contributed by atoms with E-state index in [0.29, 0.717) is 25.8 Å². The van der Waals surface area contributed by atoms with Gasteiger partial charge < -0.3 is 0 Å². The highest BCUT2D eigenvalue weighted by molar-refractivity contribution is 5.37. The van der Waals surface area contributed by atoms with Crippen LogP contribution in [0.3, 0.4) is 0 Å². The molecule has 0 bridgehead atoms. The molecular formula is C12H14N4O4. The van der Waals surface area contributed by atoms with E-state index in [4.69, 9.17) is 0 Å². The molecule has 0 N–H and O–H groups in total. The van der Waals surface area contributed by atoms with E-state index in [2.05, 4.69) is 20.0 Å². The molecule has 0 amide bonds. The largest absolute Gasteiger partial charge is 0.235 e. The van der Waals surface area contributed by atoms with Crippen molar-refractivity contribution in [2.24, 2.45) is 20.0 Å². The topological polar surface area (TPSA) is 118 Å². The molecule has 0 rings (SSSR count). The quantitative estimate of drug-likeness (QED) is 0.313. The molecule has 2 unspecified atom stereocenters. The first-order valence-electron chi connectivity index (χ1n) is 6.01. The monoisotopic (exact) mass is 278 g/mol. The van der Waals surface area contributed by atoms with Gasteiger partial charge in [-0.3, -0.25) is 0 Å². The van der Waals surface area contributed by atoms with E-state index in [-0.39, 0.29) is 6.54 Å². The van der Waals surface area contributed by atoms with E-state index in [1.165, 1.54) is 24.3 Å². The molecule has 106 valence electrons. The average molecular weight is 278 g/mol. The van der Waals surface area contributed by atoms with Gasteiger partial charge in [0.1, 0.15) is 6.04 Å². The van der Waals surface area contributed by atoms with Crippen LogP contribution in [0.2, 0.25) is 0 Å². The molecule has 8 nitrogen and oxygen atoms in total. The van der Waals surface area contributed by atoms with E-state index in [0.717, 1.165) is 6.42 Å².